The molecule has 0 saturated carbocycles. The molecule has 22 heavy (non-hydrogen) atoms. The molecule has 2 aromatic rings. The summed E-state index contributed by atoms with van der Waals surface area (Å²) in [5.41, 5.74) is 8.24. The second kappa shape index (κ2) is 7.09. The van der Waals surface area contributed by atoms with Gasteiger partial charge in [0.15, 0.2) is 0 Å². The number of nitrogens with one attached hydrogen (secondary N) is 1. The largest absolute Gasteiger partial charge is 0.488 e. The number of benzene rings is 2. The number of hydrogen-bond donors (Lipinski definition) is 2. The topological polar surface area (TPSA) is 85.4 Å². The average molecular weight is 363 g/mol. The zero-order valence-electron chi connectivity index (χ0n) is 11.9. The number of hydrogen-bond acceptors (Lipinski definition) is 5. The maximum Gasteiger partial charge on any atom is 0.337 e. The van der Waals surface area contributed by atoms with E-state index >= 15 is 0 Å². The standard InChI is InChI=1S/C16H15BrN2O3/c1-21-16(20)11-4-2-10(3-5-11)9-22-15-7-12(17)6-14(19)13(15)8-18/h2-8,18H,9,19H2,1H3. The van der Waals surface area contributed by atoms with Crippen LogP contribution in [0.2, 0.25) is 0 Å². The molecule has 0 unspecified atom stereocenters. The van der Waals surface area contributed by atoms with Gasteiger partial charge in [-0.05, 0) is 29.8 Å². The van der Waals surface area contributed by atoms with Crippen LogP contribution in [0.25, 0.3) is 0 Å². The van der Waals surface area contributed by atoms with Crippen LogP contribution in [0.3, 0.4) is 0 Å². The first-order chi connectivity index (χ1) is 10.5. The van der Waals surface area contributed by atoms with Crippen molar-refractivity contribution in [2.75, 3.05) is 12.8 Å². The summed E-state index contributed by atoms with van der Waals surface area (Å²) >= 11 is 3.35. The van der Waals surface area contributed by atoms with E-state index in [1.807, 2.05) is 0 Å². The van der Waals surface area contributed by atoms with E-state index in [1.165, 1.54) is 7.11 Å². The van der Waals surface area contributed by atoms with Crippen LogP contribution < -0.4 is 10.5 Å². The minimum absolute atomic E-state index is 0.304. The Morgan fingerprint density at radius 3 is 2.59 bits per heavy atom. The molecular formula is C16H15BrN2O3. The second-order valence-electron chi connectivity index (χ2n) is 4.53. The summed E-state index contributed by atoms with van der Waals surface area (Å²) in [6.45, 7) is 0.304. The molecule has 0 aliphatic rings. The average Bonchev–Trinajstić information content (AvgIpc) is 2.52. The molecule has 2 rings (SSSR count). The summed E-state index contributed by atoms with van der Waals surface area (Å²) in [6.07, 6.45) is 1.16. The molecular weight excluding hydrogens is 348 g/mol. The van der Waals surface area contributed by atoms with Crippen LogP contribution >= 0.6 is 15.9 Å². The summed E-state index contributed by atoms with van der Waals surface area (Å²) in [5, 5.41) is 7.42. The van der Waals surface area contributed by atoms with Gasteiger partial charge in [-0.1, -0.05) is 28.1 Å². The molecule has 0 atom stereocenters. The van der Waals surface area contributed by atoms with Crippen LogP contribution in [0.4, 0.5) is 5.69 Å². The van der Waals surface area contributed by atoms with Gasteiger partial charge in [0.1, 0.15) is 12.4 Å². The maximum absolute atomic E-state index is 11.4. The lowest BCUT2D eigenvalue weighted by atomic mass is 10.1. The maximum atomic E-state index is 11.4. The quantitative estimate of drug-likeness (QED) is 0.484. The molecule has 0 amide bonds. The van der Waals surface area contributed by atoms with E-state index in [2.05, 4.69) is 20.7 Å². The van der Waals surface area contributed by atoms with E-state index in [1.54, 1.807) is 36.4 Å². The van der Waals surface area contributed by atoms with Gasteiger partial charge in [-0.2, -0.15) is 0 Å². The third-order valence-corrected chi connectivity index (χ3v) is 3.51. The van der Waals surface area contributed by atoms with Crippen molar-refractivity contribution in [1.82, 2.24) is 0 Å². The fourth-order valence-corrected chi connectivity index (χ4v) is 2.36. The predicted molar refractivity (Wildman–Crippen MR) is 88.6 cm³/mol. The van der Waals surface area contributed by atoms with Gasteiger partial charge in [0.25, 0.3) is 0 Å². The molecule has 0 radical (unpaired) electrons. The number of anilines is 1. The lowest BCUT2D eigenvalue weighted by Crippen LogP contribution is -2.03. The molecule has 0 bridgehead atoms. The van der Waals surface area contributed by atoms with Crippen molar-refractivity contribution in [3.05, 3.63) is 57.6 Å². The van der Waals surface area contributed by atoms with Crippen molar-refractivity contribution < 1.29 is 14.3 Å². The summed E-state index contributed by atoms with van der Waals surface area (Å²) in [5.74, 6) is 0.150. The first kappa shape index (κ1) is 16.0. The van der Waals surface area contributed by atoms with Gasteiger partial charge in [0, 0.05) is 16.4 Å². The second-order valence-corrected chi connectivity index (χ2v) is 5.44. The van der Waals surface area contributed by atoms with Crippen LogP contribution in [0, 0.1) is 5.41 Å². The molecule has 0 aliphatic heterocycles. The minimum Gasteiger partial charge on any atom is -0.488 e. The number of carbonyl (C=O) groups is 1. The number of rotatable bonds is 5. The number of ether oxygens (including phenoxy) is 2. The lowest BCUT2D eigenvalue weighted by molar-refractivity contribution is 0.0600. The Kier molecular flexibility index (Phi) is 5.16. The summed E-state index contributed by atoms with van der Waals surface area (Å²) in [7, 11) is 1.34. The number of methoxy groups -OCH3 is 1. The third-order valence-electron chi connectivity index (χ3n) is 3.05. The van der Waals surface area contributed by atoms with Gasteiger partial charge < -0.3 is 20.6 Å². The van der Waals surface area contributed by atoms with Crippen molar-refractivity contribution in [2.45, 2.75) is 6.61 Å². The number of halogens is 1. The Labute approximate surface area is 136 Å². The van der Waals surface area contributed by atoms with Crippen molar-refractivity contribution in [1.29, 1.82) is 5.41 Å². The predicted octanol–water partition coefficient (Wildman–Crippen LogP) is 3.39. The number of esters is 1. The minimum atomic E-state index is -0.377. The van der Waals surface area contributed by atoms with Crippen LogP contribution in [0.15, 0.2) is 40.9 Å². The number of carbonyl (C=O) groups excluding carboxylic acids is 1. The Morgan fingerprint density at radius 2 is 2.00 bits per heavy atom. The Bertz CT molecular complexity index is 699. The molecule has 2 aromatic carbocycles. The summed E-state index contributed by atoms with van der Waals surface area (Å²) < 4.78 is 11.2. The van der Waals surface area contributed by atoms with Crippen LogP contribution in [-0.2, 0) is 11.3 Å². The van der Waals surface area contributed by atoms with Gasteiger partial charge in [0.05, 0.1) is 18.2 Å². The van der Waals surface area contributed by atoms with Crippen molar-refractivity contribution in [2.24, 2.45) is 0 Å². The van der Waals surface area contributed by atoms with Gasteiger partial charge >= 0.3 is 5.97 Å². The molecule has 114 valence electrons. The van der Waals surface area contributed by atoms with E-state index in [9.17, 15) is 4.79 Å². The van der Waals surface area contributed by atoms with Gasteiger partial charge in [-0.25, -0.2) is 4.79 Å². The fraction of sp³-hybridized carbons (Fsp3) is 0.125. The third kappa shape index (κ3) is 3.65. The molecule has 0 heterocycles. The molecule has 0 aromatic heterocycles. The lowest BCUT2D eigenvalue weighted by Gasteiger charge is -2.12. The molecule has 0 aliphatic carbocycles. The van der Waals surface area contributed by atoms with E-state index in [0.29, 0.717) is 29.2 Å². The Morgan fingerprint density at radius 1 is 1.32 bits per heavy atom. The first-order valence-corrected chi connectivity index (χ1v) is 7.24. The zero-order valence-corrected chi connectivity index (χ0v) is 13.5. The van der Waals surface area contributed by atoms with Gasteiger partial charge in [0.2, 0.25) is 0 Å². The zero-order chi connectivity index (χ0) is 16.1. The fourth-order valence-electron chi connectivity index (χ4n) is 1.90. The first-order valence-electron chi connectivity index (χ1n) is 6.44. The highest BCUT2D eigenvalue weighted by molar-refractivity contribution is 9.10. The van der Waals surface area contributed by atoms with Crippen LogP contribution in [-0.4, -0.2) is 19.3 Å². The normalized spacial score (nSPS) is 10.1. The molecule has 6 heteroatoms. The smallest absolute Gasteiger partial charge is 0.337 e. The van der Waals surface area contributed by atoms with Gasteiger partial charge in [-0.3, -0.25) is 0 Å². The molecule has 3 N–H and O–H groups in total. The molecule has 0 spiro atoms. The van der Waals surface area contributed by atoms with E-state index < -0.39 is 0 Å². The number of nitrogen functional groups attached to an aromatic ring is 1. The van der Waals surface area contributed by atoms with E-state index in [0.717, 1.165) is 16.3 Å². The highest BCUT2D eigenvalue weighted by atomic mass is 79.9. The monoisotopic (exact) mass is 362 g/mol. The Hall–Kier alpha value is -2.34. The molecule has 0 fully saturated rings. The Balaban J connectivity index is 2.13. The van der Waals surface area contributed by atoms with Crippen LogP contribution in [0.5, 0.6) is 5.75 Å². The highest BCUT2D eigenvalue weighted by Crippen LogP contribution is 2.28. The highest BCUT2D eigenvalue weighted by Gasteiger charge is 2.09. The van der Waals surface area contributed by atoms with E-state index in [-0.39, 0.29) is 5.97 Å². The van der Waals surface area contributed by atoms with Crippen molar-refractivity contribution in [3.63, 3.8) is 0 Å². The molecule has 5 nitrogen and oxygen atoms in total. The summed E-state index contributed by atoms with van der Waals surface area (Å²) in [6, 6.07) is 10.4. The number of nitrogens with two attached hydrogens (primary N) is 1. The SMILES string of the molecule is COC(=O)c1ccc(COc2cc(Br)cc(N)c2C=N)cc1. The summed E-state index contributed by atoms with van der Waals surface area (Å²) in [4.78, 5) is 11.4. The van der Waals surface area contributed by atoms with Crippen molar-refractivity contribution in [3.8, 4) is 5.75 Å². The van der Waals surface area contributed by atoms with E-state index in [4.69, 9.17) is 15.9 Å². The van der Waals surface area contributed by atoms with Gasteiger partial charge in [-0.15, -0.1) is 0 Å². The van der Waals surface area contributed by atoms with Crippen molar-refractivity contribution >= 4 is 33.8 Å². The van der Waals surface area contributed by atoms with Crippen LogP contribution in [0.1, 0.15) is 21.5 Å². The molecule has 0 saturated heterocycles.